The average Bonchev–Trinajstić information content (AvgIpc) is 2.40. The number of methoxy groups -OCH3 is 2. The summed E-state index contributed by atoms with van der Waals surface area (Å²) in [6.07, 6.45) is 5.81. The van der Waals surface area contributed by atoms with Crippen LogP contribution in [-0.2, 0) is 4.74 Å². The molecule has 4 nitrogen and oxygen atoms in total. The second-order valence-corrected chi connectivity index (χ2v) is 4.61. The van der Waals surface area contributed by atoms with Crippen LogP contribution in [0.15, 0.2) is 11.8 Å². The van der Waals surface area contributed by atoms with Crippen molar-refractivity contribution < 1.29 is 9.47 Å². The summed E-state index contributed by atoms with van der Waals surface area (Å²) in [6, 6.07) is 0. The fraction of sp³-hybridized carbons (Fsp3) is 0.533. The van der Waals surface area contributed by atoms with Gasteiger partial charge in [-0.25, -0.2) is 0 Å². The average molecular weight is 264 g/mol. The normalized spacial score (nSPS) is 11.7. The maximum absolute atomic E-state index is 5.56. The SMILES string of the molecule is COCC(=Cc1ncc(C)c(OC)c1C)CCCN. The molecule has 0 aliphatic carbocycles. The second kappa shape index (κ2) is 7.92. The van der Waals surface area contributed by atoms with Gasteiger partial charge in [-0.3, -0.25) is 4.98 Å². The van der Waals surface area contributed by atoms with Gasteiger partial charge < -0.3 is 15.2 Å². The van der Waals surface area contributed by atoms with Crippen LogP contribution >= 0.6 is 0 Å². The minimum atomic E-state index is 0.608. The number of hydrogen-bond donors (Lipinski definition) is 1. The first kappa shape index (κ1) is 15.7. The van der Waals surface area contributed by atoms with Gasteiger partial charge in [-0.05, 0) is 44.9 Å². The largest absolute Gasteiger partial charge is 0.496 e. The molecule has 106 valence electrons. The lowest BCUT2D eigenvalue weighted by molar-refractivity contribution is 0.223. The van der Waals surface area contributed by atoms with Crippen LogP contribution in [0.2, 0.25) is 0 Å². The van der Waals surface area contributed by atoms with Gasteiger partial charge in [0.1, 0.15) is 5.75 Å². The van der Waals surface area contributed by atoms with Gasteiger partial charge in [-0.1, -0.05) is 0 Å². The molecule has 0 fully saturated rings. The molecule has 0 atom stereocenters. The molecule has 0 amide bonds. The summed E-state index contributed by atoms with van der Waals surface area (Å²) < 4.78 is 10.6. The van der Waals surface area contributed by atoms with Crippen LogP contribution in [0.25, 0.3) is 6.08 Å². The van der Waals surface area contributed by atoms with Gasteiger partial charge in [0.25, 0.3) is 0 Å². The minimum absolute atomic E-state index is 0.608. The molecule has 0 aliphatic heterocycles. The monoisotopic (exact) mass is 264 g/mol. The number of rotatable bonds is 7. The molecule has 0 unspecified atom stereocenters. The van der Waals surface area contributed by atoms with Crippen molar-refractivity contribution in [3.05, 3.63) is 28.6 Å². The van der Waals surface area contributed by atoms with Crippen molar-refractivity contribution in [2.24, 2.45) is 5.73 Å². The van der Waals surface area contributed by atoms with Crippen LogP contribution in [0.3, 0.4) is 0 Å². The number of pyridine rings is 1. The Kier molecular flexibility index (Phi) is 6.53. The Bertz CT molecular complexity index is 442. The van der Waals surface area contributed by atoms with Crippen LogP contribution in [-0.4, -0.2) is 32.4 Å². The summed E-state index contributed by atoms with van der Waals surface area (Å²) in [7, 11) is 3.39. The van der Waals surface area contributed by atoms with E-state index in [0.29, 0.717) is 13.2 Å². The summed E-state index contributed by atoms with van der Waals surface area (Å²) in [6.45, 7) is 5.32. The molecule has 1 aromatic rings. The maximum atomic E-state index is 5.56. The molecule has 4 heteroatoms. The molecule has 0 saturated heterocycles. The van der Waals surface area contributed by atoms with Crippen LogP contribution in [0.4, 0.5) is 0 Å². The van der Waals surface area contributed by atoms with E-state index in [9.17, 15) is 0 Å². The van der Waals surface area contributed by atoms with E-state index in [2.05, 4.69) is 11.1 Å². The molecule has 0 bridgehead atoms. The number of aryl methyl sites for hydroxylation is 1. The van der Waals surface area contributed by atoms with Crippen molar-refractivity contribution in [1.82, 2.24) is 4.98 Å². The van der Waals surface area contributed by atoms with E-state index in [1.165, 1.54) is 5.57 Å². The van der Waals surface area contributed by atoms with Crippen molar-refractivity contribution in [3.8, 4) is 5.75 Å². The quantitative estimate of drug-likeness (QED) is 0.822. The Morgan fingerprint density at radius 1 is 1.37 bits per heavy atom. The van der Waals surface area contributed by atoms with E-state index in [4.69, 9.17) is 15.2 Å². The lowest BCUT2D eigenvalue weighted by Crippen LogP contribution is -2.03. The molecule has 0 aromatic carbocycles. The van der Waals surface area contributed by atoms with E-state index >= 15 is 0 Å². The van der Waals surface area contributed by atoms with Crippen LogP contribution in [0, 0.1) is 13.8 Å². The van der Waals surface area contributed by atoms with Crippen molar-refractivity contribution >= 4 is 6.08 Å². The summed E-state index contributed by atoms with van der Waals surface area (Å²) in [5, 5.41) is 0. The first-order valence-electron chi connectivity index (χ1n) is 6.52. The van der Waals surface area contributed by atoms with Gasteiger partial charge in [0.05, 0.1) is 19.4 Å². The standard InChI is InChI=1S/C15H24N2O2/c1-11-9-17-14(12(2)15(11)19-4)8-13(10-18-3)6-5-7-16/h8-9H,5-7,10,16H2,1-4H3. The third kappa shape index (κ3) is 4.33. The van der Waals surface area contributed by atoms with Crippen LogP contribution < -0.4 is 10.5 Å². The van der Waals surface area contributed by atoms with E-state index in [1.807, 2.05) is 20.0 Å². The van der Waals surface area contributed by atoms with Gasteiger partial charge in [0.15, 0.2) is 0 Å². The van der Waals surface area contributed by atoms with Crippen molar-refractivity contribution in [2.75, 3.05) is 27.4 Å². The number of aromatic nitrogens is 1. The molecule has 19 heavy (non-hydrogen) atoms. The van der Waals surface area contributed by atoms with E-state index in [0.717, 1.165) is 35.4 Å². The lowest BCUT2D eigenvalue weighted by Gasteiger charge is -2.12. The minimum Gasteiger partial charge on any atom is -0.496 e. The first-order valence-corrected chi connectivity index (χ1v) is 6.52. The van der Waals surface area contributed by atoms with Crippen LogP contribution in [0.1, 0.15) is 29.7 Å². The van der Waals surface area contributed by atoms with Gasteiger partial charge in [0.2, 0.25) is 0 Å². The lowest BCUT2D eigenvalue weighted by atomic mass is 10.1. The number of nitrogens with two attached hydrogens (primary N) is 1. The van der Waals surface area contributed by atoms with Crippen molar-refractivity contribution in [3.63, 3.8) is 0 Å². The third-order valence-electron chi connectivity index (χ3n) is 3.06. The Hall–Kier alpha value is -1.39. The van der Waals surface area contributed by atoms with Gasteiger partial charge in [-0.2, -0.15) is 0 Å². The van der Waals surface area contributed by atoms with Gasteiger partial charge in [0, 0.05) is 24.4 Å². The summed E-state index contributed by atoms with van der Waals surface area (Å²) >= 11 is 0. The Balaban J connectivity index is 3.06. The molecular formula is C15H24N2O2. The van der Waals surface area contributed by atoms with E-state index in [-0.39, 0.29) is 0 Å². The predicted molar refractivity (Wildman–Crippen MR) is 78.4 cm³/mol. The van der Waals surface area contributed by atoms with E-state index in [1.54, 1.807) is 14.2 Å². The van der Waals surface area contributed by atoms with Crippen LogP contribution in [0.5, 0.6) is 5.75 Å². The summed E-state index contributed by atoms with van der Waals surface area (Å²) in [4.78, 5) is 4.47. The first-order chi connectivity index (χ1) is 9.13. The highest BCUT2D eigenvalue weighted by atomic mass is 16.5. The molecule has 0 aliphatic rings. The zero-order valence-electron chi connectivity index (χ0n) is 12.3. The molecule has 0 spiro atoms. The number of ether oxygens (including phenoxy) is 2. The van der Waals surface area contributed by atoms with Crippen molar-refractivity contribution in [1.29, 1.82) is 0 Å². The predicted octanol–water partition coefficient (Wildman–Crippen LogP) is 2.48. The van der Waals surface area contributed by atoms with Gasteiger partial charge >= 0.3 is 0 Å². The van der Waals surface area contributed by atoms with E-state index < -0.39 is 0 Å². The topological polar surface area (TPSA) is 57.4 Å². The highest BCUT2D eigenvalue weighted by Gasteiger charge is 2.08. The highest BCUT2D eigenvalue weighted by Crippen LogP contribution is 2.25. The fourth-order valence-corrected chi connectivity index (χ4v) is 2.09. The highest BCUT2D eigenvalue weighted by molar-refractivity contribution is 5.57. The Morgan fingerprint density at radius 3 is 2.68 bits per heavy atom. The maximum Gasteiger partial charge on any atom is 0.128 e. The Morgan fingerprint density at radius 2 is 2.11 bits per heavy atom. The molecule has 2 N–H and O–H groups in total. The summed E-state index contributed by atoms with van der Waals surface area (Å²) in [5.41, 5.74) is 9.81. The zero-order chi connectivity index (χ0) is 14.3. The zero-order valence-corrected chi connectivity index (χ0v) is 12.3. The molecule has 0 saturated carbocycles. The molecular weight excluding hydrogens is 240 g/mol. The molecule has 0 radical (unpaired) electrons. The Labute approximate surface area is 115 Å². The molecule has 1 aromatic heterocycles. The third-order valence-corrected chi connectivity index (χ3v) is 3.06. The molecule has 1 heterocycles. The smallest absolute Gasteiger partial charge is 0.128 e. The molecule has 1 rings (SSSR count). The second-order valence-electron chi connectivity index (χ2n) is 4.61. The van der Waals surface area contributed by atoms with Crippen molar-refractivity contribution in [2.45, 2.75) is 26.7 Å². The number of hydrogen-bond acceptors (Lipinski definition) is 4. The number of nitrogens with zero attached hydrogens (tertiary/aromatic N) is 1. The fourth-order valence-electron chi connectivity index (χ4n) is 2.09. The summed E-state index contributed by atoms with van der Waals surface area (Å²) in [5.74, 6) is 0.900. The van der Waals surface area contributed by atoms with Gasteiger partial charge in [-0.15, -0.1) is 0 Å².